The van der Waals surface area contributed by atoms with E-state index < -0.39 is 0 Å². The summed E-state index contributed by atoms with van der Waals surface area (Å²) in [7, 11) is 0. The monoisotopic (exact) mass is 487 g/mol. The van der Waals surface area contributed by atoms with Crippen LogP contribution in [0.2, 0.25) is 0 Å². The van der Waals surface area contributed by atoms with Gasteiger partial charge in [-0.1, -0.05) is 78.9 Å². The fraction of sp³-hybridized carbons (Fsp3) is 0.0333. The van der Waals surface area contributed by atoms with Crippen LogP contribution >= 0.6 is 11.8 Å². The Kier molecular flexibility index (Phi) is 6.93. The number of carbonyl (C=O) groups excluding carboxylic acids is 1. The molecule has 5 rings (SSSR count). The second-order valence-corrected chi connectivity index (χ2v) is 9.03. The lowest BCUT2D eigenvalue weighted by molar-refractivity contribution is -0.115. The number of hydrogen-bond acceptors (Lipinski definition) is 5. The van der Waals surface area contributed by atoms with Gasteiger partial charge in [-0.3, -0.25) is 4.79 Å². The van der Waals surface area contributed by atoms with Crippen molar-refractivity contribution in [2.75, 3.05) is 0 Å². The van der Waals surface area contributed by atoms with Crippen LogP contribution in [0.15, 0.2) is 113 Å². The Labute approximate surface area is 213 Å². The van der Waals surface area contributed by atoms with Crippen LogP contribution in [-0.4, -0.2) is 11.1 Å². The number of rotatable bonds is 6. The maximum Gasteiger partial charge on any atom is 0.264 e. The molecule has 0 atom stereocenters. The number of thioether (sulfide) groups is 1. The van der Waals surface area contributed by atoms with Gasteiger partial charge in [-0.05, 0) is 58.8 Å². The van der Waals surface area contributed by atoms with Gasteiger partial charge in [0.25, 0.3) is 5.91 Å². The zero-order valence-electron chi connectivity index (χ0n) is 19.2. The molecule has 1 aliphatic rings. The second kappa shape index (κ2) is 10.8. The molecule has 1 fully saturated rings. The predicted octanol–water partition coefficient (Wildman–Crippen LogP) is 6.70. The Morgan fingerprint density at radius 1 is 0.889 bits per heavy atom. The van der Waals surface area contributed by atoms with Crippen molar-refractivity contribution in [3.8, 4) is 22.9 Å². The largest absolute Gasteiger partial charge is 0.488 e. The van der Waals surface area contributed by atoms with Crippen molar-refractivity contribution in [1.29, 1.82) is 5.26 Å². The van der Waals surface area contributed by atoms with Gasteiger partial charge in [0.2, 0.25) is 0 Å². The standard InChI is InChI=1S/C30H21N3O2S/c31-19-24-9-4-6-12-26(24)22-16-14-21(15-17-22)20-35-27-13-7-5-8-23(27)18-28-29(34)33-30(36-28)32-25-10-2-1-3-11-25/h1-18H,20H2,(H,32,33,34)/b28-18+. The molecule has 0 aromatic heterocycles. The number of carbonyl (C=O) groups is 1. The summed E-state index contributed by atoms with van der Waals surface area (Å²) >= 11 is 1.31. The van der Waals surface area contributed by atoms with Gasteiger partial charge in [0.05, 0.1) is 22.2 Å². The Morgan fingerprint density at radius 3 is 2.42 bits per heavy atom. The predicted molar refractivity (Wildman–Crippen MR) is 145 cm³/mol. The minimum Gasteiger partial charge on any atom is -0.488 e. The summed E-state index contributed by atoms with van der Waals surface area (Å²) in [6, 6.07) is 34.9. The molecule has 36 heavy (non-hydrogen) atoms. The van der Waals surface area contributed by atoms with Gasteiger partial charge in [0.1, 0.15) is 12.4 Å². The average Bonchev–Trinajstić information content (AvgIpc) is 3.27. The lowest BCUT2D eigenvalue weighted by Gasteiger charge is -2.10. The lowest BCUT2D eigenvalue weighted by atomic mass is 9.99. The van der Waals surface area contributed by atoms with Crippen LogP contribution in [0.25, 0.3) is 17.2 Å². The highest BCUT2D eigenvalue weighted by Gasteiger charge is 2.24. The summed E-state index contributed by atoms with van der Waals surface area (Å²) < 4.78 is 6.11. The van der Waals surface area contributed by atoms with E-state index in [4.69, 9.17) is 4.74 Å². The van der Waals surface area contributed by atoms with Gasteiger partial charge in [-0.25, -0.2) is 4.99 Å². The number of amides is 1. The van der Waals surface area contributed by atoms with Crippen LogP contribution in [0, 0.1) is 11.3 Å². The van der Waals surface area contributed by atoms with Crippen molar-refractivity contribution in [3.63, 3.8) is 0 Å². The van der Waals surface area contributed by atoms with Crippen LogP contribution in [0.1, 0.15) is 16.7 Å². The minimum absolute atomic E-state index is 0.183. The molecule has 5 nitrogen and oxygen atoms in total. The molecule has 1 heterocycles. The summed E-state index contributed by atoms with van der Waals surface area (Å²) in [4.78, 5) is 17.6. The van der Waals surface area contributed by atoms with E-state index >= 15 is 0 Å². The maximum atomic E-state index is 12.5. The molecule has 0 radical (unpaired) electrons. The molecule has 1 N–H and O–H groups in total. The number of nitrogens with one attached hydrogen (secondary N) is 1. The molecular formula is C30H21N3O2S. The molecule has 1 amide bonds. The molecule has 4 aromatic rings. The van der Waals surface area contributed by atoms with E-state index in [1.54, 1.807) is 0 Å². The van der Waals surface area contributed by atoms with Crippen molar-refractivity contribution >= 4 is 34.6 Å². The first-order chi connectivity index (χ1) is 17.7. The third-order valence-electron chi connectivity index (χ3n) is 5.55. The second-order valence-electron chi connectivity index (χ2n) is 8.00. The third kappa shape index (κ3) is 5.38. The molecule has 1 aliphatic heterocycles. The van der Waals surface area contributed by atoms with Crippen molar-refractivity contribution in [3.05, 3.63) is 125 Å². The van der Waals surface area contributed by atoms with E-state index in [0.29, 0.717) is 28.0 Å². The van der Waals surface area contributed by atoms with E-state index in [-0.39, 0.29) is 5.91 Å². The van der Waals surface area contributed by atoms with E-state index in [9.17, 15) is 10.1 Å². The van der Waals surface area contributed by atoms with E-state index in [1.165, 1.54) is 11.8 Å². The molecule has 0 unspecified atom stereocenters. The van der Waals surface area contributed by atoms with Crippen LogP contribution in [-0.2, 0) is 11.4 Å². The van der Waals surface area contributed by atoms with Gasteiger partial charge >= 0.3 is 0 Å². The van der Waals surface area contributed by atoms with E-state index in [2.05, 4.69) is 16.4 Å². The number of nitrogens with zero attached hydrogens (tertiary/aromatic N) is 2. The fourth-order valence-electron chi connectivity index (χ4n) is 3.75. The van der Waals surface area contributed by atoms with Gasteiger partial charge in [0.15, 0.2) is 5.17 Å². The number of aliphatic imine (C=N–C) groups is 1. The number of amidine groups is 1. The van der Waals surface area contributed by atoms with Crippen LogP contribution in [0.4, 0.5) is 5.69 Å². The third-order valence-corrected chi connectivity index (χ3v) is 6.46. The van der Waals surface area contributed by atoms with Gasteiger partial charge in [-0.2, -0.15) is 5.26 Å². The van der Waals surface area contributed by atoms with E-state index in [1.807, 2.05) is 109 Å². The Bertz CT molecular complexity index is 1500. The molecule has 6 heteroatoms. The number of para-hydroxylation sites is 2. The van der Waals surface area contributed by atoms with E-state index in [0.717, 1.165) is 27.9 Å². The first-order valence-electron chi connectivity index (χ1n) is 11.3. The summed E-state index contributed by atoms with van der Waals surface area (Å²) in [5.41, 5.74) is 5.14. The fourth-order valence-corrected chi connectivity index (χ4v) is 4.58. The molecule has 174 valence electrons. The minimum atomic E-state index is -0.183. The first-order valence-corrected chi connectivity index (χ1v) is 12.2. The van der Waals surface area contributed by atoms with Crippen LogP contribution in [0.3, 0.4) is 0 Å². The molecule has 1 saturated heterocycles. The van der Waals surface area contributed by atoms with Crippen molar-refractivity contribution in [1.82, 2.24) is 5.32 Å². The summed E-state index contributed by atoms with van der Waals surface area (Å²) in [6.07, 6.45) is 1.82. The van der Waals surface area contributed by atoms with Gasteiger partial charge < -0.3 is 10.1 Å². The number of hydrogen-bond donors (Lipinski definition) is 1. The molecule has 0 bridgehead atoms. The highest BCUT2D eigenvalue weighted by molar-refractivity contribution is 8.18. The average molecular weight is 488 g/mol. The normalized spacial score (nSPS) is 15.0. The van der Waals surface area contributed by atoms with Crippen LogP contribution in [0.5, 0.6) is 5.75 Å². The zero-order valence-corrected chi connectivity index (χ0v) is 20.0. The molecule has 4 aromatic carbocycles. The molecule has 0 aliphatic carbocycles. The van der Waals surface area contributed by atoms with Crippen molar-refractivity contribution in [2.45, 2.75) is 6.61 Å². The Balaban J connectivity index is 1.30. The maximum absolute atomic E-state index is 12.5. The lowest BCUT2D eigenvalue weighted by Crippen LogP contribution is -2.19. The highest BCUT2D eigenvalue weighted by Crippen LogP contribution is 2.31. The summed E-state index contributed by atoms with van der Waals surface area (Å²) in [5, 5.41) is 12.7. The Morgan fingerprint density at radius 2 is 1.61 bits per heavy atom. The quantitative estimate of drug-likeness (QED) is 0.307. The first kappa shape index (κ1) is 23.2. The van der Waals surface area contributed by atoms with Gasteiger partial charge in [0, 0.05) is 5.56 Å². The van der Waals surface area contributed by atoms with Gasteiger partial charge in [-0.15, -0.1) is 0 Å². The Hall–Kier alpha value is -4.60. The molecule has 0 spiro atoms. The zero-order chi connectivity index (χ0) is 24.7. The summed E-state index contributed by atoms with van der Waals surface area (Å²) in [6.45, 7) is 0.375. The number of nitriles is 1. The van der Waals surface area contributed by atoms with Crippen molar-refractivity contribution < 1.29 is 9.53 Å². The highest BCUT2D eigenvalue weighted by atomic mass is 32.2. The smallest absolute Gasteiger partial charge is 0.264 e. The van der Waals surface area contributed by atoms with Crippen LogP contribution < -0.4 is 10.1 Å². The number of benzene rings is 4. The molecule has 0 saturated carbocycles. The number of ether oxygens (including phenoxy) is 1. The van der Waals surface area contributed by atoms with Crippen molar-refractivity contribution in [2.24, 2.45) is 4.99 Å². The summed E-state index contributed by atoms with van der Waals surface area (Å²) in [5.74, 6) is 0.503. The molecular weight excluding hydrogens is 466 g/mol. The topological polar surface area (TPSA) is 74.5 Å². The SMILES string of the molecule is N#Cc1ccccc1-c1ccc(COc2ccccc2/C=C2/SC(=Nc3ccccc3)NC2=O)cc1.